The predicted molar refractivity (Wildman–Crippen MR) is 90.9 cm³/mol. The summed E-state index contributed by atoms with van der Waals surface area (Å²) >= 11 is 0. The first-order chi connectivity index (χ1) is 13.3. The molecule has 3 heterocycles. The molecule has 11 heteroatoms. The third-order valence-electron chi connectivity index (χ3n) is 4.80. The van der Waals surface area contributed by atoms with E-state index in [1.54, 1.807) is 6.07 Å². The smallest absolute Gasteiger partial charge is 0.419 e. The van der Waals surface area contributed by atoms with E-state index in [0.29, 0.717) is 24.5 Å². The van der Waals surface area contributed by atoms with Gasteiger partial charge >= 0.3 is 12.8 Å². The number of nitrogens with one attached hydrogen (secondary N) is 2. The van der Waals surface area contributed by atoms with Crippen molar-refractivity contribution in [2.75, 3.05) is 23.3 Å². The number of piperazine rings is 1. The number of alkyl halides is 5. The van der Waals surface area contributed by atoms with Gasteiger partial charge in [0.25, 0.3) is 0 Å². The van der Waals surface area contributed by atoms with E-state index in [4.69, 9.17) is 0 Å². The number of halogens is 5. The zero-order valence-electron chi connectivity index (χ0n) is 14.4. The maximum atomic E-state index is 12.9. The zero-order chi connectivity index (χ0) is 19.9. The van der Waals surface area contributed by atoms with Crippen molar-refractivity contribution in [1.82, 2.24) is 15.3 Å². The molecule has 150 valence electrons. The lowest BCUT2D eigenvalue weighted by Crippen LogP contribution is -2.43. The molecular formula is C17H16F5N5O. The highest BCUT2D eigenvalue weighted by Crippen LogP contribution is 2.36. The quantitative estimate of drug-likeness (QED) is 0.749. The van der Waals surface area contributed by atoms with Crippen molar-refractivity contribution in [2.45, 2.75) is 31.3 Å². The van der Waals surface area contributed by atoms with Gasteiger partial charge in [0.1, 0.15) is 0 Å². The van der Waals surface area contributed by atoms with E-state index < -0.39 is 18.4 Å². The predicted octanol–water partition coefficient (Wildman–Crippen LogP) is 3.39. The molecule has 4 rings (SSSR count). The fraction of sp³-hybridized carbons (Fsp3) is 0.412. The van der Waals surface area contributed by atoms with Crippen LogP contribution >= 0.6 is 0 Å². The summed E-state index contributed by atoms with van der Waals surface area (Å²) in [5.41, 5.74) is -0.134. The van der Waals surface area contributed by atoms with Gasteiger partial charge in [-0.25, -0.2) is 9.97 Å². The van der Waals surface area contributed by atoms with Gasteiger partial charge in [-0.1, -0.05) is 0 Å². The Hall–Kier alpha value is -2.69. The zero-order valence-corrected chi connectivity index (χ0v) is 14.4. The average molecular weight is 401 g/mol. The molecule has 2 atom stereocenters. The molecule has 0 saturated carbocycles. The van der Waals surface area contributed by atoms with Crippen molar-refractivity contribution < 1.29 is 26.7 Å². The summed E-state index contributed by atoms with van der Waals surface area (Å²) in [5.74, 6) is -0.295. The molecule has 2 bridgehead atoms. The standard InChI is InChI=1S/C17H16F5N5O/c18-15(19)28-14-4-11(27-8-10-3-12(27)7-23-10)1-2-13(14)26-16-24-5-9(6-25-16)17(20,21)22/h1-2,4-6,10,12,15,23H,3,7-8H2,(H,24,25,26)/t10-,12-/m1/s1. The number of rotatable bonds is 5. The molecule has 28 heavy (non-hydrogen) atoms. The molecule has 2 fully saturated rings. The van der Waals surface area contributed by atoms with E-state index in [1.807, 2.05) is 0 Å². The largest absolute Gasteiger partial charge is 0.433 e. The van der Waals surface area contributed by atoms with Crippen LogP contribution in [0.25, 0.3) is 0 Å². The molecule has 1 aromatic carbocycles. The van der Waals surface area contributed by atoms with Crippen LogP contribution in [0.2, 0.25) is 0 Å². The highest BCUT2D eigenvalue weighted by Gasteiger charge is 2.37. The summed E-state index contributed by atoms with van der Waals surface area (Å²) in [5, 5.41) is 5.99. The molecule has 2 saturated heterocycles. The van der Waals surface area contributed by atoms with Gasteiger partial charge in [0.2, 0.25) is 5.95 Å². The number of anilines is 3. The first-order valence-corrected chi connectivity index (χ1v) is 8.55. The van der Waals surface area contributed by atoms with Crippen molar-refractivity contribution in [2.24, 2.45) is 0 Å². The van der Waals surface area contributed by atoms with Crippen LogP contribution in [0.3, 0.4) is 0 Å². The van der Waals surface area contributed by atoms with E-state index in [9.17, 15) is 22.0 Å². The second-order valence-electron chi connectivity index (χ2n) is 6.62. The van der Waals surface area contributed by atoms with Gasteiger partial charge in [-0.05, 0) is 18.6 Å². The Balaban J connectivity index is 1.57. The first-order valence-electron chi connectivity index (χ1n) is 8.55. The second-order valence-corrected chi connectivity index (χ2v) is 6.62. The van der Waals surface area contributed by atoms with Crippen LogP contribution in [-0.2, 0) is 6.18 Å². The molecule has 2 N–H and O–H groups in total. The number of hydrogen-bond donors (Lipinski definition) is 2. The normalized spacial score (nSPS) is 21.4. The lowest BCUT2D eigenvalue weighted by Gasteiger charge is -2.30. The van der Waals surface area contributed by atoms with Gasteiger partial charge in [0.05, 0.1) is 11.3 Å². The lowest BCUT2D eigenvalue weighted by atomic mass is 10.2. The average Bonchev–Trinajstić information content (AvgIpc) is 3.26. The molecule has 0 radical (unpaired) electrons. The van der Waals surface area contributed by atoms with Crippen molar-refractivity contribution in [3.05, 3.63) is 36.2 Å². The topological polar surface area (TPSA) is 62.3 Å². The van der Waals surface area contributed by atoms with Gasteiger partial charge in [-0.2, -0.15) is 22.0 Å². The maximum absolute atomic E-state index is 12.9. The van der Waals surface area contributed by atoms with Crippen LogP contribution in [0.1, 0.15) is 12.0 Å². The summed E-state index contributed by atoms with van der Waals surface area (Å²) in [6, 6.07) is 5.42. The van der Waals surface area contributed by atoms with Gasteiger partial charge in [0.15, 0.2) is 5.75 Å². The number of benzene rings is 1. The van der Waals surface area contributed by atoms with Crippen LogP contribution in [0, 0.1) is 0 Å². The third-order valence-corrected chi connectivity index (χ3v) is 4.80. The lowest BCUT2D eigenvalue weighted by molar-refractivity contribution is -0.138. The molecule has 2 aromatic rings. The highest BCUT2D eigenvalue weighted by atomic mass is 19.4. The van der Waals surface area contributed by atoms with Crippen molar-refractivity contribution in [1.29, 1.82) is 0 Å². The minimum absolute atomic E-state index is 0.131. The summed E-state index contributed by atoms with van der Waals surface area (Å²) in [6.45, 7) is -1.45. The molecule has 1 aromatic heterocycles. The van der Waals surface area contributed by atoms with Crippen molar-refractivity contribution in [3.63, 3.8) is 0 Å². The molecule has 0 unspecified atom stereocenters. The summed E-state index contributed by atoms with van der Waals surface area (Å²) in [6.07, 6.45) is -2.34. The van der Waals surface area contributed by atoms with Crippen LogP contribution < -0.4 is 20.3 Å². The Kier molecular flexibility index (Phi) is 4.69. The SMILES string of the molecule is FC(F)Oc1cc(N2C[C@H]3C[C@@H]2CN3)ccc1Nc1ncc(C(F)(F)F)cn1. The van der Waals surface area contributed by atoms with Gasteiger partial charge in [-0.3, -0.25) is 0 Å². The van der Waals surface area contributed by atoms with E-state index in [-0.39, 0.29) is 17.4 Å². The molecular weight excluding hydrogens is 385 g/mol. The van der Waals surface area contributed by atoms with E-state index >= 15 is 0 Å². The number of hydrogen-bond acceptors (Lipinski definition) is 6. The fourth-order valence-corrected chi connectivity index (χ4v) is 3.52. The molecule has 2 aliphatic rings. The summed E-state index contributed by atoms with van der Waals surface area (Å²) in [7, 11) is 0. The number of fused-ring (bicyclic) bond motifs is 2. The van der Waals surface area contributed by atoms with E-state index in [2.05, 4.69) is 30.2 Å². The second kappa shape index (κ2) is 7.04. The van der Waals surface area contributed by atoms with E-state index in [1.165, 1.54) is 12.1 Å². The van der Waals surface area contributed by atoms with Crippen LogP contribution in [0.15, 0.2) is 30.6 Å². The molecule has 6 nitrogen and oxygen atoms in total. The third kappa shape index (κ3) is 3.79. The highest BCUT2D eigenvalue weighted by molar-refractivity contribution is 5.68. The van der Waals surface area contributed by atoms with Gasteiger partial charge in [0, 0.05) is 49.3 Å². The van der Waals surface area contributed by atoms with Crippen LogP contribution in [0.4, 0.5) is 39.3 Å². The van der Waals surface area contributed by atoms with Gasteiger partial charge in [-0.15, -0.1) is 0 Å². The number of ether oxygens (including phenoxy) is 1. The molecule has 0 aliphatic carbocycles. The van der Waals surface area contributed by atoms with Crippen molar-refractivity contribution >= 4 is 17.3 Å². The van der Waals surface area contributed by atoms with Crippen LogP contribution in [0.5, 0.6) is 5.75 Å². The number of nitrogens with zero attached hydrogens (tertiary/aromatic N) is 3. The first kappa shape index (κ1) is 18.7. The maximum Gasteiger partial charge on any atom is 0.419 e. The Morgan fingerprint density at radius 3 is 2.54 bits per heavy atom. The summed E-state index contributed by atoms with van der Waals surface area (Å²) < 4.78 is 68.1. The Morgan fingerprint density at radius 1 is 1.21 bits per heavy atom. The number of aromatic nitrogens is 2. The van der Waals surface area contributed by atoms with E-state index in [0.717, 1.165) is 25.2 Å². The van der Waals surface area contributed by atoms with Crippen molar-refractivity contribution in [3.8, 4) is 5.75 Å². The Labute approximate surface area is 156 Å². The Morgan fingerprint density at radius 2 is 1.96 bits per heavy atom. The summed E-state index contributed by atoms with van der Waals surface area (Å²) in [4.78, 5) is 9.30. The fourth-order valence-electron chi connectivity index (χ4n) is 3.52. The minimum Gasteiger partial charge on any atom is -0.433 e. The van der Waals surface area contributed by atoms with Crippen LogP contribution in [-0.4, -0.2) is 41.8 Å². The molecule has 0 spiro atoms. The molecule has 0 amide bonds. The molecule has 2 aliphatic heterocycles. The monoisotopic (exact) mass is 401 g/mol. The minimum atomic E-state index is -4.56. The Bertz CT molecular complexity index is 845. The van der Waals surface area contributed by atoms with Gasteiger partial charge < -0.3 is 20.3 Å².